The van der Waals surface area contributed by atoms with Gasteiger partial charge in [-0.25, -0.2) is 4.79 Å². The summed E-state index contributed by atoms with van der Waals surface area (Å²) in [5.74, 6) is -0.0881. The van der Waals surface area contributed by atoms with Gasteiger partial charge in [-0.05, 0) is 54.4 Å². The average Bonchev–Trinajstić information content (AvgIpc) is 2.75. The van der Waals surface area contributed by atoms with Crippen molar-refractivity contribution in [3.8, 4) is 16.9 Å². The van der Waals surface area contributed by atoms with Gasteiger partial charge < -0.3 is 14.8 Å². The number of hydrogen-bond donors (Lipinski definition) is 1. The summed E-state index contributed by atoms with van der Waals surface area (Å²) < 4.78 is 10.4. The van der Waals surface area contributed by atoms with Gasteiger partial charge in [0.15, 0.2) is 6.10 Å². The quantitative estimate of drug-likeness (QED) is 0.642. The Balaban J connectivity index is 1.59. The lowest BCUT2D eigenvalue weighted by Gasteiger charge is -2.15. The summed E-state index contributed by atoms with van der Waals surface area (Å²) in [7, 11) is 1.32. The minimum Gasteiger partial charge on any atom is -0.481 e. The van der Waals surface area contributed by atoms with Crippen molar-refractivity contribution in [2.75, 3.05) is 12.4 Å². The Bertz CT molecular complexity index is 935. The molecule has 3 rings (SSSR count). The summed E-state index contributed by atoms with van der Waals surface area (Å²) in [5.41, 5.74) is 3.20. The molecular weight excluding hydrogens is 354 g/mol. The third kappa shape index (κ3) is 4.76. The van der Waals surface area contributed by atoms with Crippen LogP contribution in [0, 0.1) is 0 Å². The number of hydrogen-bond acceptors (Lipinski definition) is 4. The van der Waals surface area contributed by atoms with Crippen molar-refractivity contribution in [2.24, 2.45) is 0 Å². The van der Waals surface area contributed by atoms with Gasteiger partial charge >= 0.3 is 5.97 Å². The lowest BCUT2D eigenvalue weighted by molar-refractivity contribution is -0.122. The van der Waals surface area contributed by atoms with Crippen molar-refractivity contribution < 1.29 is 19.1 Å². The molecule has 0 aliphatic carbocycles. The van der Waals surface area contributed by atoms with Gasteiger partial charge in [-0.3, -0.25) is 4.79 Å². The highest BCUT2D eigenvalue weighted by molar-refractivity contribution is 5.95. The highest BCUT2D eigenvalue weighted by Gasteiger charge is 2.15. The Morgan fingerprint density at radius 2 is 1.43 bits per heavy atom. The number of nitrogens with one attached hydrogen (secondary N) is 1. The lowest BCUT2D eigenvalue weighted by atomic mass is 10.1. The molecule has 0 aliphatic rings. The molecule has 0 spiro atoms. The molecule has 142 valence electrons. The number of anilines is 1. The van der Waals surface area contributed by atoms with E-state index in [1.807, 2.05) is 54.6 Å². The standard InChI is InChI=1S/C23H21NO4/c1-16(22(25)24-20-12-8-19(9-13-20)23(26)27-2)28-21-14-10-18(11-15-21)17-6-4-3-5-7-17/h3-16H,1-2H3,(H,24,25)/t16-/m1/s1. The second kappa shape index (κ2) is 8.86. The SMILES string of the molecule is COC(=O)c1ccc(NC(=O)[C@@H](C)Oc2ccc(-c3ccccc3)cc2)cc1. The summed E-state index contributed by atoms with van der Waals surface area (Å²) in [5, 5.41) is 2.77. The van der Waals surface area contributed by atoms with Crippen LogP contribution in [0.15, 0.2) is 78.9 Å². The Morgan fingerprint density at radius 1 is 0.821 bits per heavy atom. The molecule has 1 N–H and O–H groups in total. The first-order valence-corrected chi connectivity index (χ1v) is 8.88. The molecular formula is C23H21NO4. The number of carbonyl (C=O) groups excluding carboxylic acids is 2. The summed E-state index contributed by atoms with van der Waals surface area (Å²) in [4.78, 5) is 23.8. The van der Waals surface area contributed by atoms with Crippen molar-refractivity contribution in [1.29, 1.82) is 0 Å². The number of ether oxygens (including phenoxy) is 2. The zero-order valence-electron chi connectivity index (χ0n) is 15.7. The highest BCUT2D eigenvalue weighted by Crippen LogP contribution is 2.23. The molecule has 28 heavy (non-hydrogen) atoms. The van der Waals surface area contributed by atoms with Gasteiger partial charge in [0.1, 0.15) is 5.75 Å². The average molecular weight is 375 g/mol. The molecule has 0 saturated heterocycles. The molecule has 0 bridgehead atoms. The zero-order chi connectivity index (χ0) is 19.9. The first kappa shape index (κ1) is 19.2. The molecule has 0 unspecified atom stereocenters. The van der Waals surface area contributed by atoms with Crippen molar-refractivity contribution in [1.82, 2.24) is 0 Å². The van der Waals surface area contributed by atoms with E-state index in [4.69, 9.17) is 4.74 Å². The maximum Gasteiger partial charge on any atom is 0.337 e. The number of benzene rings is 3. The van der Waals surface area contributed by atoms with E-state index in [-0.39, 0.29) is 5.91 Å². The van der Waals surface area contributed by atoms with E-state index in [1.54, 1.807) is 31.2 Å². The van der Waals surface area contributed by atoms with Crippen LogP contribution in [-0.4, -0.2) is 25.1 Å². The molecule has 3 aromatic carbocycles. The molecule has 5 heteroatoms. The van der Waals surface area contributed by atoms with Crippen LogP contribution in [0.1, 0.15) is 17.3 Å². The number of esters is 1. The van der Waals surface area contributed by atoms with E-state index < -0.39 is 12.1 Å². The molecule has 1 atom stereocenters. The third-order valence-corrected chi connectivity index (χ3v) is 4.22. The molecule has 5 nitrogen and oxygen atoms in total. The van der Waals surface area contributed by atoms with Gasteiger partial charge in [0.25, 0.3) is 5.91 Å². The highest BCUT2D eigenvalue weighted by atomic mass is 16.5. The zero-order valence-corrected chi connectivity index (χ0v) is 15.7. The minimum atomic E-state index is -0.678. The molecule has 1 amide bonds. The molecule has 0 aliphatic heterocycles. The lowest BCUT2D eigenvalue weighted by Crippen LogP contribution is -2.30. The van der Waals surface area contributed by atoms with E-state index in [1.165, 1.54) is 7.11 Å². The first-order valence-electron chi connectivity index (χ1n) is 8.88. The fraction of sp³-hybridized carbons (Fsp3) is 0.130. The van der Waals surface area contributed by atoms with Gasteiger partial charge in [-0.2, -0.15) is 0 Å². The van der Waals surface area contributed by atoms with Gasteiger partial charge in [0.2, 0.25) is 0 Å². The number of rotatable bonds is 6. The second-order valence-electron chi connectivity index (χ2n) is 6.21. The van der Waals surface area contributed by atoms with Crippen LogP contribution in [0.5, 0.6) is 5.75 Å². The van der Waals surface area contributed by atoms with E-state index in [0.717, 1.165) is 11.1 Å². The number of methoxy groups -OCH3 is 1. The Kier molecular flexibility index (Phi) is 6.07. The molecule has 0 fully saturated rings. The van der Waals surface area contributed by atoms with Gasteiger partial charge in [-0.15, -0.1) is 0 Å². The fourth-order valence-corrected chi connectivity index (χ4v) is 2.67. The number of amides is 1. The summed E-state index contributed by atoms with van der Waals surface area (Å²) in [6.07, 6.45) is -0.678. The van der Waals surface area contributed by atoms with Crippen LogP contribution in [0.25, 0.3) is 11.1 Å². The maximum atomic E-state index is 12.4. The molecule has 3 aromatic rings. The predicted octanol–water partition coefficient (Wildman–Crippen LogP) is 4.55. The van der Waals surface area contributed by atoms with E-state index in [0.29, 0.717) is 17.0 Å². The van der Waals surface area contributed by atoms with E-state index >= 15 is 0 Å². The van der Waals surface area contributed by atoms with Crippen molar-refractivity contribution >= 4 is 17.6 Å². The van der Waals surface area contributed by atoms with Crippen molar-refractivity contribution in [3.63, 3.8) is 0 Å². The van der Waals surface area contributed by atoms with Crippen molar-refractivity contribution in [3.05, 3.63) is 84.4 Å². The molecule has 0 aromatic heterocycles. The van der Waals surface area contributed by atoms with Crippen LogP contribution >= 0.6 is 0 Å². The summed E-state index contributed by atoms with van der Waals surface area (Å²) >= 11 is 0. The molecule has 0 saturated carbocycles. The Labute approximate surface area is 163 Å². The summed E-state index contributed by atoms with van der Waals surface area (Å²) in [6, 6.07) is 24.1. The van der Waals surface area contributed by atoms with Crippen LogP contribution in [-0.2, 0) is 9.53 Å². The van der Waals surface area contributed by atoms with Gasteiger partial charge in [0, 0.05) is 5.69 Å². The van der Waals surface area contributed by atoms with Crippen molar-refractivity contribution in [2.45, 2.75) is 13.0 Å². The largest absolute Gasteiger partial charge is 0.481 e. The van der Waals surface area contributed by atoms with E-state index in [2.05, 4.69) is 10.1 Å². The minimum absolute atomic E-state index is 0.280. The van der Waals surface area contributed by atoms with Crippen LogP contribution in [0.4, 0.5) is 5.69 Å². The normalized spacial score (nSPS) is 11.4. The smallest absolute Gasteiger partial charge is 0.337 e. The third-order valence-electron chi connectivity index (χ3n) is 4.22. The monoisotopic (exact) mass is 375 g/mol. The topological polar surface area (TPSA) is 64.6 Å². The van der Waals surface area contributed by atoms with E-state index in [9.17, 15) is 9.59 Å². The van der Waals surface area contributed by atoms with Crippen LogP contribution in [0.3, 0.4) is 0 Å². The van der Waals surface area contributed by atoms with Gasteiger partial charge in [-0.1, -0.05) is 42.5 Å². The Hall–Kier alpha value is -3.60. The number of carbonyl (C=O) groups is 2. The van der Waals surface area contributed by atoms with Crippen LogP contribution in [0.2, 0.25) is 0 Å². The first-order chi connectivity index (χ1) is 13.6. The molecule has 0 heterocycles. The maximum absolute atomic E-state index is 12.4. The van der Waals surface area contributed by atoms with Crippen LogP contribution < -0.4 is 10.1 Å². The molecule has 0 radical (unpaired) electrons. The second-order valence-corrected chi connectivity index (χ2v) is 6.21. The Morgan fingerprint density at radius 3 is 2.04 bits per heavy atom. The van der Waals surface area contributed by atoms with Gasteiger partial charge in [0.05, 0.1) is 12.7 Å². The fourth-order valence-electron chi connectivity index (χ4n) is 2.67. The summed E-state index contributed by atoms with van der Waals surface area (Å²) in [6.45, 7) is 1.68. The predicted molar refractivity (Wildman–Crippen MR) is 108 cm³/mol.